The number of para-hydroxylation sites is 1. The van der Waals surface area contributed by atoms with Crippen LogP contribution in [0.3, 0.4) is 0 Å². The maximum Gasteiger partial charge on any atom is 0.227 e. The molecular weight excluding hydrogens is 364 g/mol. The molecule has 0 aliphatic carbocycles. The van der Waals surface area contributed by atoms with Gasteiger partial charge in [0.15, 0.2) is 0 Å². The summed E-state index contributed by atoms with van der Waals surface area (Å²) in [5.74, 6) is 2.00. The Balaban J connectivity index is 1.52. The van der Waals surface area contributed by atoms with E-state index in [-0.39, 0.29) is 24.1 Å². The van der Waals surface area contributed by atoms with Crippen molar-refractivity contribution >= 4 is 11.8 Å². The van der Waals surface area contributed by atoms with Crippen molar-refractivity contribution in [3.05, 3.63) is 29.8 Å². The number of amides is 2. The Morgan fingerprint density at radius 1 is 1.21 bits per heavy atom. The minimum atomic E-state index is 0.0967. The van der Waals surface area contributed by atoms with Gasteiger partial charge in [0.25, 0.3) is 0 Å². The van der Waals surface area contributed by atoms with Crippen LogP contribution in [0.4, 0.5) is 0 Å². The summed E-state index contributed by atoms with van der Waals surface area (Å²) in [5, 5.41) is 10.1. The van der Waals surface area contributed by atoms with Crippen LogP contribution >= 0.6 is 0 Å². The molecule has 3 aliphatic rings. The maximum absolute atomic E-state index is 13.1. The quantitative estimate of drug-likeness (QED) is 0.824. The second-order valence-corrected chi connectivity index (χ2v) is 9.66. The molecule has 2 amide bonds. The van der Waals surface area contributed by atoms with E-state index in [1.54, 1.807) is 12.1 Å². The van der Waals surface area contributed by atoms with Crippen LogP contribution < -0.4 is 0 Å². The molecule has 29 heavy (non-hydrogen) atoms. The number of hydrogen-bond acceptors (Lipinski definition) is 3. The monoisotopic (exact) mass is 398 g/mol. The lowest BCUT2D eigenvalue weighted by atomic mass is 9.70. The van der Waals surface area contributed by atoms with Gasteiger partial charge in [-0.15, -0.1) is 0 Å². The van der Waals surface area contributed by atoms with E-state index in [4.69, 9.17) is 0 Å². The summed E-state index contributed by atoms with van der Waals surface area (Å²) in [6.45, 7) is 5.96. The van der Waals surface area contributed by atoms with Crippen LogP contribution in [-0.2, 0) is 16.0 Å². The standard InChI is InChI=1S/C24H34N2O3/c1-16(2)10-11-21-19-12-18(20-7-5-9-23(28)26(20)21)14-25(15-19)24(29)13-17-6-3-4-8-22(17)27/h3-4,6,8,16,18-21,27H,5,7,9-15H2,1-2H3/t18-,19+,20+,21+/m1/s1. The van der Waals surface area contributed by atoms with Crippen LogP contribution in [-0.4, -0.2) is 51.9 Å². The van der Waals surface area contributed by atoms with E-state index in [0.29, 0.717) is 41.7 Å². The molecule has 3 heterocycles. The predicted molar refractivity (Wildman–Crippen MR) is 112 cm³/mol. The molecule has 0 saturated carbocycles. The molecule has 1 aromatic carbocycles. The summed E-state index contributed by atoms with van der Waals surface area (Å²) in [6, 6.07) is 7.67. The van der Waals surface area contributed by atoms with Gasteiger partial charge in [0.05, 0.1) is 6.42 Å². The zero-order valence-electron chi connectivity index (χ0n) is 17.7. The Morgan fingerprint density at radius 2 is 1.97 bits per heavy atom. The lowest BCUT2D eigenvalue weighted by Crippen LogP contribution is -2.65. The first-order valence-corrected chi connectivity index (χ1v) is 11.3. The Kier molecular flexibility index (Phi) is 5.84. The van der Waals surface area contributed by atoms with Gasteiger partial charge in [0.1, 0.15) is 5.75 Å². The second kappa shape index (κ2) is 8.37. The van der Waals surface area contributed by atoms with Gasteiger partial charge in [-0.2, -0.15) is 0 Å². The third kappa shape index (κ3) is 4.15. The average Bonchev–Trinajstić information content (AvgIpc) is 2.69. The van der Waals surface area contributed by atoms with Gasteiger partial charge in [-0.3, -0.25) is 9.59 Å². The molecule has 5 nitrogen and oxygen atoms in total. The summed E-state index contributed by atoms with van der Waals surface area (Å²) in [5.41, 5.74) is 0.694. The predicted octanol–water partition coefficient (Wildman–Crippen LogP) is 3.60. The average molecular weight is 399 g/mol. The lowest BCUT2D eigenvalue weighted by molar-refractivity contribution is -0.156. The van der Waals surface area contributed by atoms with E-state index >= 15 is 0 Å². The molecular formula is C24H34N2O3. The van der Waals surface area contributed by atoms with E-state index in [9.17, 15) is 14.7 Å². The summed E-state index contributed by atoms with van der Waals surface area (Å²) in [7, 11) is 0. The molecule has 3 aliphatic heterocycles. The first-order valence-electron chi connectivity index (χ1n) is 11.3. The van der Waals surface area contributed by atoms with Gasteiger partial charge >= 0.3 is 0 Å². The summed E-state index contributed by atoms with van der Waals surface area (Å²) >= 11 is 0. The number of carbonyl (C=O) groups excluding carboxylic acids is 2. The van der Waals surface area contributed by atoms with E-state index in [0.717, 1.165) is 45.2 Å². The van der Waals surface area contributed by atoms with Gasteiger partial charge in [0, 0.05) is 37.2 Å². The minimum absolute atomic E-state index is 0.0967. The first-order chi connectivity index (χ1) is 13.9. The molecule has 0 radical (unpaired) electrons. The van der Waals surface area contributed by atoms with E-state index in [2.05, 4.69) is 18.7 Å². The number of nitrogens with zero attached hydrogens (tertiary/aromatic N) is 2. The van der Waals surface area contributed by atoms with Crippen molar-refractivity contribution in [2.24, 2.45) is 17.8 Å². The highest BCUT2D eigenvalue weighted by Gasteiger charge is 2.49. The van der Waals surface area contributed by atoms with Crippen LogP contribution in [0.25, 0.3) is 0 Å². The fraction of sp³-hybridized carbons (Fsp3) is 0.667. The van der Waals surface area contributed by atoms with Crippen molar-refractivity contribution in [3.63, 3.8) is 0 Å². The number of phenols is 1. The fourth-order valence-corrected chi connectivity index (χ4v) is 5.79. The molecule has 158 valence electrons. The summed E-state index contributed by atoms with van der Waals surface area (Å²) in [4.78, 5) is 30.2. The highest BCUT2D eigenvalue weighted by molar-refractivity contribution is 5.80. The number of rotatable bonds is 5. The lowest BCUT2D eigenvalue weighted by Gasteiger charge is -2.57. The smallest absolute Gasteiger partial charge is 0.227 e. The summed E-state index contributed by atoms with van der Waals surface area (Å²) < 4.78 is 0. The molecule has 1 N–H and O–H groups in total. The van der Waals surface area contributed by atoms with Crippen LogP contribution in [0.1, 0.15) is 57.9 Å². The molecule has 5 heteroatoms. The zero-order chi connectivity index (χ0) is 20.5. The van der Waals surface area contributed by atoms with Crippen molar-refractivity contribution in [2.75, 3.05) is 13.1 Å². The van der Waals surface area contributed by atoms with Crippen LogP contribution in [0, 0.1) is 17.8 Å². The minimum Gasteiger partial charge on any atom is -0.508 e. The number of phenolic OH excluding ortho intramolecular Hbond substituents is 1. The van der Waals surface area contributed by atoms with Crippen molar-refractivity contribution in [1.82, 2.24) is 9.80 Å². The largest absolute Gasteiger partial charge is 0.508 e. The SMILES string of the molecule is CC(C)CC[C@H]1[C@H]2C[C@H](CN(C(=O)Cc3ccccc3O)C2)[C@@H]2CCCC(=O)N21. The van der Waals surface area contributed by atoms with Crippen molar-refractivity contribution in [1.29, 1.82) is 0 Å². The molecule has 4 atom stereocenters. The number of carbonyl (C=O) groups is 2. The Hall–Kier alpha value is -2.04. The fourth-order valence-electron chi connectivity index (χ4n) is 5.79. The normalized spacial score (nSPS) is 29.1. The Morgan fingerprint density at radius 3 is 2.72 bits per heavy atom. The molecule has 0 unspecified atom stereocenters. The highest BCUT2D eigenvalue weighted by atomic mass is 16.3. The van der Waals surface area contributed by atoms with Crippen molar-refractivity contribution < 1.29 is 14.7 Å². The molecule has 0 aromatic heterocycles. The van der Waals surface area contributed by atoms with Crippen LogP contribution in [0.5, 0.6) is 5.75 Å². The zero-order valence-corrected chi connectivity index (χ0v) is 17.7. The summed E-state index contributed by atoms with van der Waals surface area (Å²) in [6.07, 6.45) is 6.28. The number of fused-ring (bicyclic) bond motifs is 4. The van der Waals surface area contributed by atoms with Gasteiger partial charge in [-0.1, -0.05) is 32.0 Å². The van der Waals surface area contributed by atoms with Crippen LogP contribution in [0.15, 0.2) is 24.3 Å². The molecule has 3 fully saturated rings. The molecule has 4 rings (SSSR count). The van der Waals surface area contributed by atoms with Crippen LogP contribution in [0.2, 0.25) is 0 Å². The van der Waals surface area contributed by atoms with E-state index in [1.807, 2.05) is 17.0 Å². The number of aromatic hydroxyl groups is 1. The third-order valence-corrected chi connectivity index (χ3v) is 7.22. The van der Waals surface area contributed by atoms with Gasteiger partial charge in [-0.25, -0.2) is 0 Å². The topological polar surface area (TPSA) is 60.9 Å². The molecule has 3 saturated heterocycles. The number of likely N-dealkylation sites (tertiary alicyclic amines) is 1. The maximum atomic E-state index is 13.1. The van der Waals surface area contributed by atoms with Crippen molar-refractivity contribution in [2.45, 2.75) is 70.9 Å². The second-order valence-electron chi connectivity index (χ2n) is 9.66. The van der Waals surface area contributed by atoms with Gasteiger partial charge in [0.2, 0.25) is 11.8 Å². The van der Waals surface area contributed by atoms with E-state index < -0.39 is 0 Å². The molecule has 2 bridgehead atoms. The molecule has 0 spiro atoms. The Labute approximate surface area is 174 Å². The number of piperidine rings is 3. The highest BCUT2D eigenvalue weighted by Crippen LogP contribution is 2.43. The van der Waals surface area contributed by atoms with Gasteiger partial charge in [-0.05, 0) is 55.9 Å². The number of benzene rings is 1. The first kappa shape index (κ1) is 20.2. The van der Waals surface area contributed by atoms with E-state index in [1.165, 1.54) is 0 Å². The van der Waals surface area contributed by atoms with Gasteiger partial charge < -0.3 is 14.9 Å². The van der Waals surface area contributed by atoms with Crippen molar-refractivity contribution in [3.8, 4) is 5.75 Å². The number of hydrogen-bond donors (Lipinski definition) is 1. The third-order valence-electron chi connectivity index (χ3n) is 7.22. The Bertz CT molecular complexity index is 762. The molecule has 1 aromatic rings.